The molecule has 0 aliphatic carbocycles. The summed E-state index contributed by atoms with van der Waals surface area (Å²) in [5.74, 6) is -0.412. The highest BCUT2D eigenvalue weighted by Crippen LogP contribution is 2.21. The fourth-order valence-electron chi connectivity index (χ4n) is 3.32. The summed E-state index contributed by atoms with van der Waals surface area (Å²) in [6, 6.07) is 8.83. The molecule has 0 radical (unpaired) electrons. The van der Waals surface area contributed by atoms with Gasteiger partial charge in [-0.1, -0.05) is 17.7 Å². The first-order chi connectivity index (χ1) is 14.9. The minimum atomic E-state index is -0.365. The average Bonchev–Trinajstić information content (AvgIpc) is 3.20. The van der Waals surface area contributed by atoms with Crippen LogP contribution in [0, 0.1) is 0 Å². The molecule has 160 valence electrons. The van der Waals surface area contributed by atoms with Crippen LogP contribution in [0.1, 0.15) is 15.2 Å². The number of nitrogens with one attached hydrogen (secondary N) is 1. The second-order valence-electron chi connectivity index (χ2n) is 7.03. The molecule has 3 heterocycles. The second-order valence-corrected chi connectivity index (χ2v) is 8.74. The van der Waals surface area contributed by atoms with Crippen LogP contribution in [-0.4, -0.2) is 63.7 Å². The molecule has 9 nitrogen and oxygen atoms in total. The van der Waals surface area contributed by atoms with Gasteiger partial charge in [-0.05, 0) is 29.8 Å². The van der Waals surface area contributed by atoms with E-state index < -0.39 is 0 Å². The van der Waals surface area contributed by atoms with E-state index in [0.717, 1.165) is 22.3 Å². The van der Waals surface area contributed by atoms with Crippen molar-refractivity contribution in [2.75, 3.05) is 31.9 Å². The quantitative estimate of drug-likeness (QED) is 0.598. The van der Waals surface area contributed by atoms with Crippen LogP contribution in [0.5, 0.6) is 0 Å². The number of nitrogen functional groups attached to an aromatic ring is 1. The Morgan fingerprint density at radius 2 is 2.03 bits per heavy atom. The first-order valence-corrected chi connectivity index (χ1v) is 10.7. The third-order valence-electron chi connectivity index (χ3n) is 4.97. The van der Waals surface area contributed by atoms with E-state index in [0.29, 0.717) is 40.2 Å². The van der Waals surface area contributed by atoms with E-state index >= 15 is 0 Å². The Bertz CT molecular complexity index is 1170. The lowest BCUT2D eigenvalue weighted by atomic mass is 10.1. The predicted octanol–water partition coefficient (Wildman–Crippen LogP) is 1.53. The Morgan fingerprint density at radius 3 is 2.77 bits per heavy atom. The molecular weight excluding hydrogens is 440 g/mol. The third kappa shape index (κ3) is 4.75. The summed E-state index contributed by atoms with van der Waals surface area (Å²) in [5, 5.41) is 3.34. The lowest BCUT2D eigenvalue weighted by Crippen LogP contribution is -2.53. The van der Waals surface area contributed by atoms with Gasteiger partial charge >= 0.3 is 0 Å². The van der Waals surface area contributed by atoms with Crippen LogP contribution < -0.4 is 11.1 Å². The summed E-state index contributed by atoms with van der Waals surface area (Å²) in [7, 11) is 0. The smallest absolute Gasteiger partial charge is 0.261 e. The van der Waals surface area contributed by atoms with Gasteiger partial charge in [0.15, 0.2) is 0 Å². The van der Waals surface area contributed by atoms with Crippen molar-refractivity contribution in [2.45, 2.75) is 6.54 Å². The number of nitrogens with two attached hydrogens (primary N) is 1. The minimum absolute atomic E-state index is 0.0256. The third-order valence-corrected chi connectivity index (χ3v) is 6.20. The van der Waals surface area contributed by atoms with Gasteiger partial charge in [-0.3, -0.25) is 14.4 Å². The fraction of sp³-hybridized carbons (Fsp3) is 0.250. The van der Waals surface area contributed by atoms with Crippen LogP contribution in [-0.2, 0) is 16.1 Å². The Labute approximate surface area is 186 Å². The highest BCUT2D eigenvalue weighted by Gasteiger charge is 2.27. The van der Waals surface area contributed by atoms with Gasteiger partial charge in [0.25, 0.3) is 5.91 Å². The highest BCUT2D eigenvalue weighted by atomic mass is 35.5. The molecule has 1 fully saturated rings. The van der Waals surface area contributed by atoms with Gasteiger partial charge in [-0.25, -0.2) is 9.97 Å². The fourth-order valence-corrected chi connectivity index (χ4v) is 4.28. The van der Waals surface area contributed by atoms with Gasteiger partial charge in [-0.15, -0.1) is 11.3 Å². The molecule has 4 rings (SSSR count). The molecule has 1 aromatic carbocycles. The summed E-state index contributed by atoms with van der Waals surface area (Å²) in [5.41, 5.74) is 7.48. The zero-order valence-electron chi connectivity index (χ0n) is 16.4. The number of carbonyl (C=O) groups excluding carboxylic acids is 3. The summed E-state index contributed by atoms with van der Waals surface area (Å²) in [6.45, 7) is 1.02. The van der Waals surface area contributed by atoms with Crippen LogP contribution in [0.4, 0.5) is 5.82 Å². The van der Waals surface area contributed by atoms with Crippen LogP contribution >= 0.6 is 22.9 Å². The Balaban J connectivity index is 1.31. The van der Waals surface area contributed by atoms with Crippen molar-refractivity contribution in [3.05, 3.63) is 51.4 Å². The molecule has 3 N–H and O–H groups in total. The van der Waals surface area contributed by atoms with Crippen molar-refractivity contribution in [2.24, 2.45) is 0 Å². The summed E-state index contributed by atoms with van der Waals surface area (Å²) < 4.78 is 0.500. The van der Waals surface area contributed by atoms with Crippen molar-refractivity contribution in [1.29, 1.82) is 0 Å². The summed E-state index contributed by atoms with van der Waals surface area (Å²) >= 11 is 6.96. The monoisotopic (exact) mass is 458 g/mol. The van der Waals surface area contributed by atoms with Crippen LogP contribution in [0.25, 0.3) is 10.9 Å². The van der Waals surface area contributed by atoms with Gasteiger partial charge in [0.2, 0.25) is 11.8 Å². The Morgan fingerprint density at radius 1 is 1.19 bits per heavy atom. The zero-order valence-corrected chi connectivity index (χ0v) is 17.9. The molecule has 1 aliphatic heterocycles. The van der Waals surface area contributed by atoms with Gasteiger partial charge in [0, 0.05) is 25.0 Å². The molecule has 0 bridgehead atoms. The molecule has 31 heavy (non-hydrogen) atoms. The predicted molar refractivity (Wildman–Crippen MR) is 118 cm³/mol. The topological polar surface area (TPSA) is 122 Å². The SMILES string of the molecule is Nc1ncnc2cc(CN3CCN(C(=O)CNC(=O)c4ccc(Cl)s4)CC3=O)ccc12. The number of thiophene rings is 1. The van der Waals surface area contributed by atoms with Gasteiger partial charge in [0.1, 0.15) is 12.1 Å². The Hall–Kier alpha value is -3.24. The highest BCUT2D eigenvalue weighted by molar-refractivity contribution is 7.18. The van der Waals surface area contributed by atoms with Crippen molar-refractivity contribution < 1.29 is 14.4 Å². The van der Waals surface area contributed by atoms with E-state index in [9.17, 15) is 14.4 Å². The number of hydrogen-bond acceptors (Lipinski definition) is 7. The first kappa shape index (κ1) is 21.0. The van der Waals surface area contributed by atoms with E-state index in [1.165, 1.54) is 11.2 Å². The van der Waals surface area contributed by atoms with Crippen molar-refractivity contribution >= 4 is 57.4 Å². The molecule has 0 saturated carbocycles. The van der Waals surface area contributed by atoms with Crippen LogP contribution in [0.15, 0.2) is 36.7 Å². The van der Waals surface area contributed by atoms with Crippen molar-refractivity contribution in [1.82, 2.24) is 25.1 Å². The number of nitrogens with zero attached hydrogens (tertiary/aromatic N) is 4. The largest absolute Gasteiger partial charge is 0.383 e. The average molecular weight is 459 g/mol. The lowest BCUT2D eigenvalue weighted by molar-refractivity contribution is -0.145. The normalized spacial score (nSPS) is 14.2. The molecule has 0 unspecified atom stereocenters. The van der Waals surface area contributed by atoms with E-state index in [4.69, 9.17) is 17.3 Å². The van der Waals surface area contributed by atoms with E-state index in [1.54, 1.807) is 17.0 Å². The number of rotatable bonds is 5. The number of amides is 3. The molecule has 0 spiro atoms. The zero-order chi connectivity index (χ0) is 22.0. The standard InChI is InChI=1S/C20H19ClN6O3S/c21-16-4-3-15(31-16)20(30)23-8-17(28)27-6-5-26(18(29)10-27)9-12-1-2-13-14(7-12)24-11-25-19(13)22/h1-4,7,11H,5-6,8-10H2,(H,23,30)(H2,22,24,25). The number of piperazine rings is 1. The van der Waals surface area contributed by atoms with Crippen molar-refractivity contribution in [3.8, 4) is 0 Å². The maximum Gasteiger partial charge on any atom is 0.261 e. The maximum absolute atomic E-state index is 12.6. The van der Waals surface area contributed by atoms with Crippen LogP contribution in [0.3, 0.4) is 0 Å². The molecule has 1 saturated heterocycles. The van der Waals surface area contributed by atoms with E-state index in [-0.39, 0.29) is 30.8 Å². The molecule has 0 atom stereocenters. The molecule has 3 aromatic rings. The van der Waals surface area contributed by atoms with Crippen molar-refractivity contribution in [3.63, 3.8) is 0 Å². The van der Waals surface area contributed by atoms with E-state index in [1.807, 2.05) is 18.2 Å². The number of anilines is 1. The second kappa shape index (κ2) is 8.86. The number of hydrogen-bond donors (Lipinski definition) is 2. The molecule has 11 heteroatoms. The molecule has 1 aliphatic rings. The van der Waals surface area contributed by atoms with Gasteiger partial charge in [0.05, 0.1) is 27.8 Å². The minimum Gasteiger partial charge on any atom is -0.383 e. The number of aromatic nitrogens is 2. The van der Waals surface area contributed by atoms with Gasteiger partial charge in [-0.2, -0.15) is 0 Å². The summed E-state index contributed by atoms with van der Waals surface area (Å²) in [6.07, 6.45) is 1.41. The van der Waals surface area contributed by atoms with Crippen LogP contribution in [0.2, 0.25) is 4.34 Å². The van der Waals surface area contributed by atoms with E-state index in [2.05, 4.69) is 15.3 Å². The Kier molecular flexibility index (Phi) is 6.01. The molecular formula is C20H19ClN6O3S. The number of carbonyl (C=O) groups is 3. The lowest BCUT2D eigenvalue weighted by Gasteiger charge is -2.34. The molecule has 2 aromatic heterocycles. The van der Waals surface area contributed by atoms with Gasteiger partial charge < -0.3 is 20.9 Å². The summed E-state index contributed by atoms with van der Waals surface area (Å²) in [4.78, 5) is 48.8. The molecule has 3 amide bonds. The number of halogens is 1. The number of benzene rings is 1. The first-order valence-electron chi connectivity index (χ1n) is 9.49. The maximum atomic E-state index is 12.6. The number of fused-ring (bicyclic) bond motifs is 1.